The lowest BCUT2D eigenvalue weighted by Crippen LogP contribution is -2.36. The highest BCUT2D eigenvalue weighted by Crippen LogP contribution is 2.30. The molecule has 28 heavy (non-hydrogen) atoms. The first-order valence-electron chi connectivity index (χ1n) is 9.48. The van der Waals surface area contributed by atoms with E-state index in [1.807, 2.05) is 6.07 Å². The molecule has 1 saturated carbocycles. The molecule has 6 nitrogen and oxygen atoms in total. The van der Waals surface area contributed by atoms with Crippen LogP contribution in [0.3, 0.4) is 0 Å². The monoisotopic (exact) mass is 457 g/mol. The van der Waals surface area contributed by atoms with Gasteiger partial charge in [-0.05, 0) is 52.5 Å². The molecule has 0 radical (unpaired) electrons. The zero-order chi connectivity index (χ0) is 19.1. The van der Waals surface area contributed by atoms with Crippen molar-refractivity contribution in [3.05, 3.63) is 46.3 Å². The molecular weight excluding hydrogens is 438 g/mol. The summed E-state index contributed by atoms with van der Waals surface area (Å²) < 4.78 is 2.08. The summed E-state index contributed by atoms with van der Waals surface area (Å²) in [6, 6.07) is 8.42. The molecular formula is C20H20BrN5OS. The number of hydrogen-bond donors (Lipinski definition) is 3. The van der Waals surface area contributed by atoms with Crippen LogP contribution in [0.1, 0.15) is 37.1 Å². The average Bonchev–Trinajstić information content (AvgIpc) is 3.25. The lowest BCUT2D eigenvalue weighted by Gasteiger charge is -2.27. The molecule has 1 aliphatic carbocycles. The number of aromatic nitrogens is 4. The van der Waals surface area contributed by atoms with Crippen molar-refractivity contribution in [3.8, 4) is 0 Å². The van der Waals surface area contributed by atoms with Crippen LogP contribution in [0.15, 0.2) is 34.9 Å². The van der Waals surface area contributed by atoms with Crippen molar-refractivity contribution in [1.82, 2.24) is 19.9 Å². The number of H-pyrrole nitrogens is 1. The first kappa shape index (κ1) is 18.0. The van der Waals surface area contributed by atoms with E-state index in [0.29, 0.717) is 6.42 Å². The Morgan fingerprint density at radius 1 is 1.21 bits per heavy atom. The van der Waals surface area contributed by atoms with E-state index in [1.54, 1.807) is 17.5 Å². The Bertz CT molecular complexity index is 1140. The number of fused-ring (bicyclic) bond motifs is 2. The molecule has 3 heterocycles. The molecule has 2 unspecified atom stereocenters. The molecule has 0 saturated heterocycles. The maximum atomic E-state index is 10.2. The summed E-state index contributed by atoms with van der Waals surface area (Å²) in [5.74, 6) is 0.896. The smallest absolute Gasteiger partial charge is 0.184 e. The van der Waals surface area contributed by atoms with E-state index in [0.717, 1.165) is 62.5 Å². The molecule has 1 aromatic carbocycles. The minimum absolute atomic E-state index is 0.108. The van der Waals surface area contributed by atoms with Crippen LogP contribution >= 0.6 is 27.3 Å². The van der Waals surface area contributed by atoms with Gasteiger partial charge >= 0.3 is 0 Å². The van der Waals surface area contributed by atoms with E-state index in [9.17, 15) is 5.11 Å². The minimum atomic E-state index is -0.280. The molecule has 4 aromatic rings. The van der Waals surface area contributed by atoms with Gasteiger partial charge in [0.25, 0.3) is 0 Å². The van der Waals surface area contributed by atoms with Gasteiger partial charge in [0.15, 0.2) is 10.8 Å². The summed E-state index contributed by atoms with van der Waals surface area (Å²) in [5.41, 5.74) is 3.82. The van der Waals surface area contributed by atoms with Crippen LogP contribution in [-0.2, 0) is 6.42 Å². The van der Waals surface area contributed by atoms with E-state index in [2.05, 4.69) is 54.4 Å². The first-order valence-corrected chi connectivity index (χ1v) is 11.1. The number of aromatic amines is 1. The summed E-state index contributed by atoms with van der Waals surface area (Å²) >= 11 is 5.08. The Hall–Kier alpha value is -2.03. The van der Waals surface area contributed by atoms with E-state index in [1.165, 1.54) is 5.56 Å². The standard InChI is InChI=1S/C20H20BrN5OS/c21-12-9-15-19(22-10-12)26-18(23-15)8-11-5-6-14-17(7-11)28-20(25-14)24-13-3-1-2-4-16(13)27/h5-7,9-10,13,16,27H,1-4,8H2,(H,24,25)(H,22,23,26). The number of nitrogens with zero attached hydrogens (tertiary/aromatic N) is 3. The maximum absolute atomic E-state index is 10.2. The molecule has 3 aromatic heterocycles. The van der Waals surface area contributed by atoms with E-state index in [-0.39, 0.29) is 12.1 Å². The summed E-state index contributed by atoms with van der Waals surface area (Å²) in [6.07, 6.45) is 6.33. The van der Waals surface area contributed by atoms with Gasteiger partial charge in [-0.25, -0.2) is 15.0 Å². The summed E-state index contributed by atoms with van der Waals surface area (Å²) in [4.78, 5) is 16.9. The highest BCUT2D eigenvalue weighted by atomic mass is 79.9. The second-order valence-electron chi connectivity index (χ2n) is 7.31. The van der Waals surface area contributed by atoms with Crippen LogP contribution in [-0.4, -0.2) is 37.2 Å². The Morgan fingerprint density at radius 2 is 2.11 bits per heavy atom. The molecule has 0 bridgehead atoms. The zero-order valence-electron chi connectivity index (χ0n) is 15.2. The molecule has 1 fully saturated rings. The average molecular weight is 458 g/mol. The normalized spacial score (nSPS) is 20.1. The SMILES string of the molecule is OC1CCCCC1Nc1nc2ccc(Cc3nc4ncc(Br)cc4[nH]3)cc2s1. The fourth-order valence-electron chi connectivity index (χ4n) is 3.78. The van der Waals surface area contributed by atoms with Crippen molar-refractivity contribution in [2.24, 2.45) is 0 Å². The summed E-state index contributed by atoms with van der Waals surface area (Å²) in [7, 11) is 0. The van der Waals surface area contributed by atoms with E-state index in [4.69, 9.17) is 4.98 Å². The number of hydrogen-bond acceptors (Lipinski definition) is 6. The van der Waals surface area contributed by atoms with Crippen LogP contribution in [0.4, 0.5) is 5.13 Å². The van der Waals surface area contributed by atoms with Gasteiger partial charge in [-0.15, -0.1) is 0 Å². The molecule has 0 spiro atoms. The lowest BCUT2D eigenvalue weighted by molar-refractivity contribution is 0.116. The Kier molecular flexibility index (Phi) is 4.78. The minimum Gasteiger partial charge on any atom is -0.391 e. The number of imidazole rings is 1. The Labute approximate surface area is 174 Å². The van der Waals surface area contributed by atoms with Gasteiger partial charge in [-0.3, -0.25) is 0 Å². The molecule has 5 rings (SSSR count). The van der Waals surface area contributed by atoms with Crippen molar-refractivity contribution >= 4 is 53.8 Å². The van der Waals surface area contributed by atoms with Crippen LogP contribution < -0.4 is 5.32 Å². The first-order chi connectivity index (χ1) is 13.6. The topological polar surface area (TPSA) is 86.7 Å². The van der Waals surface area contributed by atoms with Crippen molar-refractivity contribution in [2.75, 3.05) is 5.32 Å². The molecule has 0 aliphatic heterocycles. The summed E-state index contributed by atoms with van der Waals surface area (Å²) in [6.45, 7) is 0. The number of aliphatic hydroxyl groups is 1. The molecule has 2 atom stereocenters. The number of benzene rings is 1. The van der Waals surface area contributed by atoms with E-state index >= 15 is 0 Å². The lowest BCUT2D eigenvalue weighted by atomic mass is 9.93. The zero-order valence-corrected chi connectivity index (χ0v) is 17.6. The number of nitrogens with one attached hydrogen (secondary N) is 2. The fourth-order valence-corrected chi connectivity index (χ4v) is 5.10. The van der Waals surface area contributed by atoms with Gasteiger partial charge in [0.1, 0.15) is 5.82 Å². The van der Waals surface area contributed by atoms with Crippen molar-refractivity contribution in [3.63, 3.8) is 0 Å². The van der Waals surface area contributed by atoms with Gasteiger partial charge in [-0.2, -0.15) is 0 Å². The second-order valence-corrected chi connectivity index (χ2v) is 9.26. The third-order valence-corrected chi connectivity index (χ3v) is 6.60. The third kappa shape index (κ3) is 3.64. The number of thiazole rings is 1. The number of rotatable bonds is 4. The predicted molar refractivity (Wildman–Crippen MR) is 116 cm³/mol. The quantitative estimate of drug-likeness (QED) is 0.415. The maximum Gasteiger partial charge on any atom is 0.184 e. The molecule has 1 aliphatic rings. The third-order valence-electron chi connectivity index (χ3n) is 5.22. The van der Waals surface area contributed by atoms with Crippen LogP contribution in [0.5, 0.6) is 0 Å². The molecule has 144 valence electrons. The number of pyridine rings is 1. The van der Waals surface area contributed by atoms with Gasteiger partial charge in [-0.1, -0.05) is 30.2 Å². The Morgan fingerprint density at radius 3 is 3.00 bits per heavy atom. The molecule has 3 N–H and O–H groups in total. The van der Waals surface area contributed by atoms with Crippen molar-refractivity contribution in [1.29, 1.82) is 0 Å². The highest BCUT2D eigenvalue weighted by Gasteiger charge is 2.23. The van der Waals surface area contributed by atoms with Crippen LogP contribution in [0.2, 0.25) is 0 Å². The van der Waals surface area contributed by atoms with Gasteiger partial charge < -0.3 is 15.4 Å². The number of anilines is 1. The molecule has 8 heteroatoms. The van der Waals surface area contributed by atoms with Crippen molar-refractivity contribution in [2.45, 2.75) is 44.2 Å². The van der Waals surface area contributed by atoms with Gasteiger partial charge in [0.05, 0.1) is 27.9 Å². The second kappa shape index (κ2) is 7.42. The van der Waals surface area contributed by atoms with Gasteiger partial charge in [0, 0.05) is 17.1 Å². The number of halogens is 1. The Balaban J connectivity index is 1.36. The predicted octanol–water partition coefficient (Wildman–Crippen LogP) is 4.64. The van der Waals surface area contributed by atoms with Crippen LogP contribution in [0, 0.1) is 0 Å². The van der Waals surface area contributed by atoms with E-state index < -0.39 is 0 Å². The largest absolute Gasteiger partial charge is 0.391 e. The highest BCUT2D eigenvalue weighted by molar-refractivity contribution is 9.10. The molecule has 0 amide bonds. The van der Waals surface area contributed by atoms with Crippen LogP contribution in [0.25, 0.3) is 21.4 Å². The summed E-state index contributed by atoms with van der Waals surface area (Å²) in [5, 5.41) is 14.5. The fraction of sp³-hybridized carbons (Fsp3) is 0.350. The van der Waals surface area contributed by atoms with Crippen molar-refractivity contribution < 1.29 is 5.11 Å². The number of aliphatic hydroxyl groups excluding tert-OH is 1. The van der Waals surface area contributed by atoms with Gasteiger partial charge in [0.2, 0.25) is 0 Å².